The minimum atomic E-state index is -2.88. The zero-order valence-electron chi connectivity index (χ0n) is 12.5. The van der Waals surface area contributed by atoms with Crippen LogP contribution in [0.2, 0.25) is 0 Å². The van der Waals surface area contributed by atoms with Crippen molar-refractivity contribution in [3.05, 3.63) is 31.8 Å². The quantitative estimate of drug-likeness (QED) is 0.528. The van der Waals surface area contributed by atoms with Crippen molar-refractivity contribution in [3.63, 3.8) is 0 Å². The highest BCUT2D eigenvalue weighted by atomic mass is 127. The highest BCUT2D eigenvalue weighted by molar-refractivity contribution is 14.1. The lowest BCUT2D eigenvalue weighted by atomic mass is 10.0. The van der Waals surface area contributed by atoms with Crippen molar-refractivity contribution in [2.24, 2.45) is 0 Å². The molecule has 0 aliphatic carbocycles. The van der Waals surface area contributed by atoms with E-state index in [4.69, 9.17) is 0 Å². The Morgan fingerprint density at radius 1 is 1.33 bits per heavy atom. The topological polar surface area (TPSA) is 46.2 Å². The summed E-state index contributed by atoms with van der Waals surface area (Å²) in [4.78, 5) is 0. The van der Waals surface area contributed by atoms with Crippen molar-refractivity contribution in [1.29, 1.82) is 0 Å². The third kappa shape index (κ3) is 6.97. The third-order valence-electron chi connectivity index (χ3n) is 3.36. The summed E-state index contributed by atoms with van der Waals surface area (Å²) in [6, 6.07) is 6.47. The molecule has 0 saturated carbocycles. The zero-order valence-corrected chi connectivity index (χ0v) is 17.1. The van der Waals surface area contributed by atoms with Crippen LogP contribution in [-0.4, -0.2) is 26.5 Å². The van der Waals surface area contributed by atoms with E-state index in [9.17, 15) is 8.42 Å². The van der Waals surface area contributed by atoms with Gasteiger partial charge in [0, 0.05) is 19.8 Å². The molecule has 21 heavy (non-hydrogen) atoms. The van der Waals surface area contributed by atoms with Crippen LogP contribution in [0.5, 0.6) is 0 Å². The van der Waals surface area contributed by atoms with E-state index in [0.717, 1.165) is 23.9 Å². The molecule has 0 fully saturated rings. The van der Waals surface area contributed by atoms with Gasteiger partial charge in [0.1, 0.15) is 9.84 Å². The lowest BCUT2D eigenvalue weighted by Crippen LogP contribution is -2.23. The SMILES string of the molecule is CCCNC(CCCS(=O)(=O)CC)c1cc(I)ccc1Br. The first-order chi connectivity index (χ1) is 9.89. The summed E-state index contributed by atoms with van der Waals surface area (Å²) in [6.07, 6.45) is 2.58. The Balaban J connectivity index is 2.78. The first kappa shape index (κ1) is 19.4. The van der Waals surface area contributed by atoms with Gasteiger partial charge in [0.05, 0.1) is 5.75 Å². The number of sulfone groups is 1. The van der Waals surface area contributed by atoms with E-state index in [1.165, 1.54) is 9.13 Å². The molecule has 1 aromatic carbocycles. The third-order valence-corrected chi connectivity index (χ3v) is 6.55. The molecule has 6 heteroatoms. The van der Waals surface area contributed by atoms with Gasteiger partial charge >= 0.3 is 0 Å². The molecule has 1 rings (SSSR count). The van der Waals surface area contributed by atoms with Crippen LogP contribution in [0, 0.1) is 3.57 Å². The van der Waals surface area contributed by atoms with Gasteiger partial charge in [-0.05, 0) is 72.2 Å². The monoisotopic (exact) mass is 487 g/mol. The highest BCUT2D eigenvalue weighted by Crippen LogP contribution is 2.28. The Labute approximate surface area is 150 Å². The van der Waals surface area contributed by atoms with Gasteiger partial charge in [-0.1, -0.05) is 29.8 Å². The van der Waals surface area contributed by atoms with Crippen molar-refractivity contribution in [3.8, 4) is 0 Å². The number of hydrogen-bond donors (Lipinski definition) is 1. The molecule has 0 aliphatic heterocycles. The maximum Gasteiger partial charge on any atom is 0.150 e. The van der Waals surface area contributed by atoms with Gasteiger partial charge < -0.3 is 5.32 Å². The minimum Gasteiger partial charge on any atom is -0.310 e. The molecule has 0 bridgehead atoms. The predicted octanol–water partition coefficient (Wildman–Crippen LogP) is 4.31. The average molecular weight is 488 g/mol. The van der Waals surface area contributed by atoms with Crippen molar-refractivity contribution in [2.75, 3.05) is 18.1 Å². The fourth-order valence-corrected chi connectivity index (χ4v) is 4.05. The normalized spacial score (nSPS) is 13.3. The fourth-order valence-electron chi connectivity index (χ4n) is 2.12. The lowest BCUT2D eigenvalue weighted by molar-refractivity contribution is 0.490. The highest BCUT2D eigenvalue weighted by Gasteiger charge is 2.16. The summed E-state index contributed by atoms with van der Waals surface area (Å²) >= 11 is 5.91. The van der Waals surface area contributed by atoms with E-state index in [1.807, 2.05) is 0 Å². The molecule has 1 atom stereocenters. The summed E-state index contributed by atoms with van der Waals surface area (Å²) in [6.45, 7) is 4.77. The van der Waals surface area contributed by atoms with Crippen molar-refractivity contribution >= 4 is 48.4 Å². The van der Waals surface area contributed by atoms with Crippen molar-refractivity contribution in [2.45, 2.75) is 39.2 Å². The van der Waals surface area contributed by atoms with Crippen LogP contribution in [0.1, 0.15) is 44.7 Å². The first-order valence-corrected chi connectivity index (χ1v) is 11.0. The number of hydrogen-bond acceptors (Lipinski definition) is 3. The van der Waals surface area contributed by atoms with E-state index in [0.29, 0.717) is 6.42 Å². The largest absolute Gasteiger partial charge is 0.310 e. The number of nitrogens with one attached hydrogen (secondary N) is 1. The van der Waals surface area contributed by atoms with Crippen molar-refractivity contribution in [1.82, 2.24) is 5.32 Å². The van der Waals surface area contributed by atoms with Crippen molar-refractivity contribution < 1.29 is 8.42 Å². The summed E-state index contributed by atoms with van der Waals surface area (Å²) in [5.74, 6) is 0.502. The molecule has 1 unspecified atom stereocenters. The molecule has 0 saturated heterocycles. The molecule has 0 aromatic heterocycles. The summed E-state index contributed by atoms with van der Waals surface area (Å²) in [5.41, 5.74) is 1.21. The van der Waals surface area contributed by atoms with Gasteiger partial charge in [-0.2, -0.15) is 0 Å². The number of benzene rings is 1. The van der Waals surface area contributed by atoms with E-state index < -0.39 is 9.84 Å². The van der Waals surface area contributed by atoms with Crippen LogP contribution in [-0.2, 0) is 9.84 Å². The minimum absolute atomic E-state index is 0.195. The van der Waals surface area contributed by atoms with Gasteiger partial charge in [-0.15, -0.1) is 0 Å². The smallest absolute Gasteiger partial charge is 0.150 e. The molecule has 3 nitrogen and oxygen atoms in total. The first-order valence-electron chi connectivity index (χ1n) is 7.28. The molecular formula is C15H23BrINO2S. The van der Waals surface area contributed by atoms with Crippen LogP contribution in [0.4, 0.5) is 0 Å². The number of halogens is 2. The van der Waals surface area contributed by atoms with E-state index >= 15 is 0 Å². The van der Waals surface area contributed by atoms with Gasteiger partial charge in [-0.3, -0.25) is 0 Å². The Morgan fingerprint density at radius 2 is 2.05 bits per heavy atom. The Morgan fingerprint density at radius 3 is 2.67 bits per heavy atom. The second-order valence-electron chi connectivity index (χ2n) is 5.05. The van der Waals surface area contributed by atoms with Crippen LogP contribution in [0.3, 0.4) is 0 Å². The Hall–Kier alpha value is 0.340. The van der Waals surface area contributed by atoms with Gasteiger partial charge in [0.2, 0.25) is 0 Å². The Bertz CT molecular complexity index is 549. The van der Waals surface area contributed by atoms with E-state index in [-0.39, 0.29) is 17.5 Å². The van der Waals surface area contributed by atoms with Crippen LogP contribution >= 0.6 is 38.5 Å². The second-order valence-corrected chi connectivity index (χ2v) is 9.62. The predicted molar refractivity (Wildman–Crippen MR) is 101 cm³/mol. The van der Waals surface area contributed by atoms with E-state index in [2.05, 4.69) is 69.0 Å². The summed E-state index contributed by atoms with van der Waals surface area (Å²) in [7, 11) is -2.88. The fraction of sp³-hybridized carbons (Fsp3) is 0.600. The van der Waals surface area contributed by atoms with Gasteiger partial charge in [0.15, 0.2) is 0 Å². The standard InChI is InChI=1S/C15H23BrINO2S/c1-3-9-18-15(6-5-10-21(19,20)4-2)13-11-12(17)7-8-14(13)16/h7-8,11,15,18H,3-6,9-10H2,1-2H3. The molecule has 0 spiro atoms. The molecule has 0 amide bonds. The van der Waals surface area contributed by atoms with Crippen LogP contribution in [0.15, 0.2) is 22.7 Å². The zero-order chi connectivity index (χ0) is 15.9. The maximum absolute atomic E-state index is 11.6. The lowest BCUT2D eigenvalue weighted by Gasteiger charge is -2.20. The second kappa shape index (κ2) is 9.47. The van der Waals surface area contributed by atoms with Crippen LogP contribution < -0.4 is 5.32 Å². The molecule has 120 valence electrons. The summed E-state index contributed by atoms with van der Waals surface area (Å²) < 4.78 is 25.5. The Kier molecular flexibility index (Phi) is 8.74. The molecule has 1 N–H and O–H groups in total. The van der Waals surface area contributed by atoms with Gasteiger partial charge in [-0.25, -0.2) is 8.42 Å². The molecular weight excluding hydrogens is 465 g/mol. The van der Waals surface area contributed by atoms with Crippen LogP contribution in [0.25, 0.3) is 0 Å². The molecule has 0 radical (unpaired) electrons. The average Bonchev–Trinajstić information content (AvgIpc) is 2.45. The molecule has 1 aromatic rings. The number of rotatable bonds is 9. The molecule has 0 heterocycles. The molecule has 0 aliphatic rings. The maximum atomic E-state index is 11.6. The summed E-state index contributed by atoms with van der Waals surface area (Å²) in [5, 5.41) is 3.53. The van der Waals surface area contributed by atoms with Gasteiger partial charge in [0.25, 0.3) is 0 Å². The van der Waals surface area contributed by atoms with E-state index in [1.54, 1.807) is 6.92 Å².